The Hall–Kier alpha value is -1.13. The molecule has 0 heterocycles. The Morgan fingerprint density at radius 3 is 2.33 bits per heavy atom. The van der Waals surface area contributed by atoms with Gasteiger partial charge in [-0.1, -0.05) is 6.92 Å². The zero-order chi connectivity index (χ0) is 12.2. The number of rotatable bonds is 5. The zero-order valence-corrected chi connectivity index (χ0v) is 9.65. The Morgan fingerprint density at radius 2 is 2.00 bits per heavy atom. The fourth-order valence-corrected chi connectivity index (χ4v) is 2.01. The van der Waals surface area contributed by atoms with Gasteiger partial charge in [0.25, 0.3) is 0 Å². The number of carbonyl (C=O) groups is 1. The van der Waals surface area contributed by atoms with Crippen molar-refractivity contribution < 1.29 is 18.3 Å². The van der Waals surface area contributed by atoms with E-state index in [1.54, 1.807) is 6.07 Å². The average Bonchev–Trinajstić information content (AvgIpc) is 2.15. The molecule has 0 rings (SSSR count). The maximum absolute atomic E-state index is 11.5. The molecule has 0 aliphatic heterocycles. The minimum atomic E-state index is -3.71. The SMILES string of the molecule is CC(CN(C)S(=O)(=O)C(C)C#N)C(=O)O. The van der Waals surface area contributed by atoms with Gasteiger partial charge in [0.1, 0.15) is 0 Å². The first-order chi connectivity index (χ1) is 6.73. The maximum atomic E-state index is 11.5. The van der Waals surface area contributed by atoms with Crippen LogP contribution in [0.2, 0.25) is 0 Å². The number of carboxylic acid groups (broad SMARTS) is 1. The lowest BCUT2D eigenvalue weighted by Gasteiger charge is -2.20. The fraction of sp³-hybridized carbons (Fsp3) is 0.750. The highest BCUT2D eigenvalue weighted by atomic mass is 32.2. The first kappa shape index (κ1) is 13.9. The molecule has 0 aromatic rings. The highest BCUT2D eigenvalue weighted by Gasteiger charge is 2.28. The Bertz CT molecular complexity index is 371. The summed E-state index contributed by atoms with van der Waals surface area (Å²) >= 11 is 0. The van der Waals surface area contributed by atoms with Crippen molar-refractivity contribution in [1.29, 1.82) is 5.26 Å². The van der Waals surface area contributed by atoms with E-state index in [0.29, 0.717) is 0 Å². The summed E-state index contributed by atoms with van der Waals surface area (Å²) in [6.45, 7) is 2.53. The third-order valence-electron chi connectivity index (χ3n) is 2.02. The second kappa shape index (κ2) is 5.09. The molecule has 0 bridgehead atoms. The van der Waals surface area contributed by atoms with E-state index >= 15 is 0 Å². The van der Waals surface area contributed by atoms with Crippen LogP contribution in [0.5, 0.6) is 0 Å². The van der Waals surface area contributed by atoms with Crippen LogP contribution in [0.1, 0.15) is 13.8 Å². The molecule has 7 heteroatoms. The Kier molecular flexibility index (Phi) is 4.71. The fourth-order valence-electron chi connectivity index (χ4n) is 0.904. The molecule has 0 aromatic heterocycles. The lowest BCUT2D eigenvalue weighted by Crippen LogP contribution is -2.38. The smallest absolute Gasteiger partial charge is 0.307 e. The Labute approximate surface area is 89.2 Å². The van der Waals surface area contributed by atoms with Crippen molar-refractivity contribution in [2.75, 3.05) is 13.6 Å². The van der Waals surface area contributed by atoms with Crippen LogP contribution in [0.25, 0.3) is 0 Å². The second-order valence-corrected chi connectivity index (χ2v) is 5.70. The second-order valence-electron chi connectivity index (χ2n) is 3.34. The Morgan fingerprint density at radius 1 is 1.53 bits per heavy atom. The van der Waals surface area contributed by atoms with Gasteiger partial charge in [-0.15, -0.1) is 0 Å². The normalized spacial score (nSPS) is 15.7. The van der Waals surface area contributed by atoms with Gasteiger partial charge in [0.15, 0.2) is 5.25 Å². The van der Waals surface area contributed by atoms with Gasteiger partial charge in [-0.3, -0.25) is 4.79 Å². The van der Waals surface area contributed by atoms with Crippen LogP contribution in [0.15, 0.2) is 0 Å². The number of sulfonamides is 1. The standard InChI is InChI=1S/C8H14N2O4S/c1-6(8(11)12)5-10(3)15(13,14)7(2)4-9/h6-7H,5H2,1-3H3,(H,11,12). The lowest BCUT2D eigenvalue weighted by atomic mass is 10.2. The van der Waals surface area contributed by atoms with Crippen LogP contribution in [0, 0.1) is 17.2 Å². The minimum Gasteiger partial charge on any atom is -0.481 e. The van der Waals surface area contributed by atoms with E-state index in [9.17, 15) is 13.2 Å². The summed E-state index contributed by atoms with van der Waals surface area (Å²) in [5, 5.41) is 15.9. The van der Waals surface area contributed by atoms with Crippen LogP contribution in [-0.2, 0) is 14.8 Å². The largest absolute Gasteiger partial charge is 0.481 e. The molecule has 6 nitrogen and oxygen atoms in total. The van der Waals surface area contributed by atoms with Crippen LogP contribution in [0.4, 0.5) is 0 Å². The van der Waals surface area contributed by atoms with Gasteiger partial charge in [0.2, 0.25) is 10.0 Å². The predicted octanol–water partition coefficient (Wildman–Crippen LogP) is -0.119. The average molecular weight is 234 g/mol. The summed E-state index contributed by atoms with van der Waals surface area (Å²) in [5.74, 6) is -1.86. The van der Waals surface area contributed by atoms with Crippen LogP contribution in [-0.4, -0.2) is 42.6 Å². The zero-order valence-electron chi connectivity index (χ0n) is 8.84. The van der Waals surface area contributed by atoms with Gasteiger partial charge >= 0.3 is 5.97 Å². The monoisotopic (exact) mass is 234 g/mol. The van der Waals surface area contributed by atoms with Crippen molar-refractivity contribution in [3.8, 4) is 6.07 Å². The van der Waals surface area contributed by atoms with E-state index in [2.05, 4.69) is 0 Å². The van der Waals surface area contributed by atoms with Crippen LogP contribution in [0.3, 0.4) is 0 Å². The minimum absolute atomic E-state index is 0.135. The predicted molar refractivity (Wildman–Crippen MR) is 53.4 cm³/mol. The van der Waals surface area contributed by atoms with Gasteiger partial charge < -0.3 is 5.11 Å². The molecule has 0 saturated heterocycles. The number of carboxylic acids is 1. The number of aliphatic carboxylic acids is 1. The topological polar surface area (TPSA) is 98.5 Å². The lowest BCUT2D eigenvalue weighted by molar-refractivity contribution is -0.141. The summed E-state index contributed by atoms with van der Waals surface area (Å²) in [6.07, 6.45) is 0. The Balaban J connectivity index is 4.68. The third-order valence-corrected chi connectivity index (χ3v) is 4.03. The van der Waals surface area contributed by atoms with E-state index in [1.165, 1.54) is 20.9 Å². The van der Waals surface area contributed by atoms with Crippen molar-refractivity contribution >= 4 is 16.0 Å². The van der Waals surface area contributed by atoms with Crippen molar-refractivity contribution in [3.63, 3.8) is 0 Å². The molecule has 2 atom stereocenters. The van der Waals surface area contributed by atoms with Crippen molar-refractivity contribution in [2.45, 2.75) is 19.1 Å². The molecule has 0 spiro atoms. The first-order valence-corrected chi connectivity index (χ1v) is 5.81. The molecule has 0 aromatic carbocycles. The van der Waals surface area contributed by atoms with Crippen LogP contribution < -0.4 is 0 Å². The number of nitrogens with zero attached hydrogens (tertiary/aromatic N) is 2. The highest BCUT2D eigenvalue weighted by Crippen LogP contribution is 2.09. The molecule has 2 unspecified atom stereocenters. The van der Waals surface area contributed by atoms with E-state index in [1.807, 2.05) is 0 Å². The van der Waals surface area contributed by atoms with Crippen LogP contribution >= 0.6 is 0 Å². The molecular formula is C8H14N2O4S. The molecule has 0 saturated carbocycles. The first-order valence-electron chi connectivity index (χ1n) is 4.31. The molecular weight excluding hydrogens is 220 g/mol. The summed E-state index contributed by atoms with van der Waals surface area (Å²) in [4.78, 5) is 10.5. The number of hydrogen-bond acceptors (Lipinski definition) is 4. The van der Waals surface area contributed by atoms with E-state index in [0.717, 1.165) is 4.31 Å². The molecule has 0 amide bonds. The van der Waals surface area contributed by atoms with Crippen molar-refractivity contribution in [3.05, 3.63) is 0 Å². The van der Waals surface area contributed by atoms with E-state index in [4.69, 9.17) is 10.4 Å². The number of hydrogen-bond donors (Lipinski definition) is 1. The molecule has 0 aliphatic carbocycles. The van der Waals surface area contributed by atoms with Crippen molar-refractivity contribution in [1.82, 2.24) is 4.31 Å². The quantitative estimate of drug-likeness (QED) is 0.715. The highest BCUT2D eigenvalue weighted by molar-refractivity contribution is 7.89. The molecule has 0 radical (unpaired) electrons. The van der Waals surface area contributed by atoms with Gasteiger partial charge in [0, 0.05) is 13.6 Å². The van der Waals surface area contributed by atoms with Gasteiger partial charge in [-0.25, -0.2) is 12.7 Å². The van der Waals surface area contributed by atoms with Gasteiger partial charge in [-0.2, -0.15) is 5.26 Å². The van der Waals surface area contributed by atoms with E-state index < -0.39 is 27.2 Å². The molecule has 15 heavy (non-hydrogen) atoms. The van der Waals surface area contributed by atoms with E-state index in [-0.39, 0.29) is 6.54 Å². The molecule has 1 N–H and O–H groups in total. The molecule has 86 valence electrons. The summed E-state index contributed by atoms with van der Waals surface area (Å²) in [6, 6.07) is 1.61. The van der Waals surface area contributed by atoms with Crippen molar-refractivity contribution in [2.24, 2.45) is 5.92 Å². The summed E-state index contributed by atoms with van der Waals surface area (Å²) < 4.78 is 24.0. The number of nitriles is 1. The van der Waals surface area contributed by atoms with Gasteiger partial charge in [-0.05, 0) is 6.92 Å². The molecule has 0 fully saturated rings. The molecule has 0 aliphatic rings. The third kappa shape index (κ3) is 3.49. The maximum Gasteiger partial charge on any atom is 0.307 e. The van der Waals surface area contributed by atoms with Gasteiger partial charge in [0.05, 0.1) is 12.0 Å². The summed E-state index contributed by atoms with van der Waals surface area (Å²) in [5.41, 5.74) is 0. The summed E-state index contributed by atoms with van der Waals surface area (Å²) in [7, 11) is -2.44.